The maximum atomic E-state index is 12.8. The van der Waals surface area contributed by atoms with Crippen molar-refractivity contribution in [2.45, 2.75) is 122 Å². The van der Waals surface area contributed by atoms with E-state index >= 15 is 0 Å². The molecule has 0 radical (unpaired) electrons. The van der Waals surface area contributed by atoms with Gasteiger partial charge in [-0.3, -0.25) is 9.69 Å². The van der Waals surface area contributed by atoms with E-state index in [0.29, 0.717) is 0 Å². The van der Waals surface area contributed by atoms with E-state index in [9.17, 15) is 4.79 Å². The van der Waals surface area contributed by atoms with Crippen LogP contribution in [0.3, 0.4) is 0 Å². The van der Waals surface area contributed by atoms with Gasteiger partial charge < -0.3 is 4.98 Å². The Morgan fingerprint density at radius 2 is 1.38 bits per heavy atom. The maximum Gasteiger partial charge on any atom is 0.218 e. The first-order valence-corrected chi connectivity index (χ1v) is 14.7. The van der Waals surface area contributed by atoms with E-state index in [-0.39, 0.29) is 10.6 Å². The molecule has 0 aliphatic rings. The fourth-order valence-electron chi connectivity index (χ4n) is 5.29. The quantitative estimate of drug-likeness (QED) is 0.144. The van der Waals surface area contributed by atoms with Crippen LogP contribution < -0.4 is 0 Å². The summed E-state index contributed by atoms with van der Waals surface area (Å²) in [5, 5.41) is 1.24. The van der Waals surface area contributed by atoms with Crippen LogP contribution in [-0.2, 0) is 4.79 Å². The van der Waals surface area contributed by atoms with Gasteiger partial charge in [0.05, 0.1) is 5.54 Å². The van der Waals surface area contributed by atoms with E-state index in [1.807, 2.05) is 14.1 Å². The molecule has 34 heavy (non-hydrogen) atoms. The van der Waals surface area contributed by atoms with Crippen molar-refractivity contribution in [3.05, 3.63) is 36.0 Å². The molecule has 0 aliphatic heterocycles. The number of H-pyrrole nitrogens is 1. The number of aromatic amines is 1. The molecule has 1 heterocycles. The van der Waals surface area contributed by atoms with Crippen molar-refractivity contribution in [2.75, 3.05) is 14.1 Å². The van der Waals surface area contributed by atoms with Crippen molar-refractivity contribution < 1.29 is 4.79 Å². The molecule has 1 aromatic heterocycles. The molecule has 2 rings (SSSR count). The number of aromatic nitrogens is 1. The minimum absolute atomic E-state index is 0.0608. The lowest BCUT2D eigenvalue weighted by molar-refractivity contribution is -0.120. The van der Waals surface area contributed by atoms with Crippen LogP contribution in [0.25, 0.3) is 10.9 Å². The smallest absolute Gasteiger partial charge is 0.218 e. The average molecular weight is 534 g/mol. The highest BCUT2D eigenvalue weighted by atomic mass is 79.9. The van der Waals surface area contributed by atoms with Gasteiger partial charge in [-0.25, -0.2) is 0 Å². The second-order valence-electron chi connectivity index (χ2n) is 10.5. The van der Waals surface area contributed by atoms with E-state index in [0.717, 1.165) is 18.4 Å². The van der Waals surface area contributed by atoms with E-state index in [1.54, 1.807) is 0 Å². The molecule has 0 saturated heterocycles. The van der Waals surface area contributed by atoms with Gasteiger partial charge in [0.1, 0.15) is 0 Å². The lowest BCUT2D eigenvalue weighted by Gasteiger charge is -2.40. The third kappa shape index (κ3) is 8.52. The minimum Gasteiger partial charge on any atom is -0.361 e. The first-order chi connectivity index (χ1) is 16.4. The zero-order chi connectivity index (χ0) is 24.8. The van der Waals surface area contributed by atoms with Crippen LogP contribution >= 0.6 is 15.9 Å². The highest BCUT2D eigenvalue weighted by Gasteiger charge is 2.43. The second kappa shape index (κ2) is 15.8. The fourth-order valence-corrected chi connectivity index (χ4v) is 5.92. The van der Waals surface area contributed by atoms with E-state index in [4.69, 9.17) is 0 Å². The number of likely N-dealkylation sites (N-methyl/N-ethyl adjacent to an activating group) is 1. The molecule has 0 aliphatic carbocycles. The van der Waals surface area contributed by atoms with Crippen LogP contribution in [0.15, 0.2) is 30.5 Å². The average Bonchev–Trinajstić information content (AvgIpc) is 3.24. The lowest BCUT2D eigenvalue weighted by atomic mass is 9.77. The fraction of sp³-hybridized carbons (Fsp3) is 0.700. The Morgan fingerprint density at radius 1 is 0.882 bits per heavy atom. The summed E-state index contributed by atoms with van der Waals surface area (Å²) in [6.45, 7) is 4.37. The number of nitrogens with one attached hydrogen (secondary N) is 1. The van der Waals surface area contributed by atoms with Gasteiger partial charge in [0.2, 0.25) is 4.69 Å². The second-order valence-corrected chi connectivity index (χ2v) is 11.3. The molecule has 0 bridgehead atoms. The number of unbranched alkanes of at least 4 members (excludes halogenated alkanes) is 13. The monoisotopic (exact) mass is 532 g/mol. The van der Waals surface area contributed by atoms with Crippen LogP contribution in [0.2, 0.25) is 0 Å². The molecule has 3 nitrogen and oxygen atoms in total. The predicted octanol–water partition coefficient (Wildman–Crippen LogP) is 9.36. The van der Waals surface area contributed by atoms with Crippen molar-refractivity contribution in [3.63, 3.8) is 0 Å². The van der Waals surface area contributed by atoms with Gasteiger partial charge in [0.25, 0.3) is 0 Å². The maximum absolute atomic E-state index is 12.8. The zero-order valence-corrected chi connectivity index (χ0v) is 23.9. The van der Waals surface area contributed by atoms with Crippen LogP contribution in [0.5, 0.6) is 0 Å². The molecule has 2 aromatic rings. The SMILES string of the molecule is CCCCCCCCCCCCCCCCC(c1c[nH]c2ccccc12)C(C)(C(=O)Br)N(C)C. The van der Waals surface area contributed by atoms with Crippen molar-refractivity contribution in [1.29, 1.82) is 0 Å². The van der Waals surface area contributed by atoms with E-state index in [2.05, 4.69) is 70.1 Å². The lowest BCUT2D eigenvalue weighted by Crippen LogP contribution is -2.51. The first-order valence-electron chi connectivity index (χ1n) is 13.9. The van der Waals surface area contributed by atoms with Crippen LogP contribution in [0.1, 0.15) is 122 Å². The standard InChI is InChI=1S/C30H49BrN2O/c1-5-6-7-8-9-10-11-12-13-14-15-16-17-18-22-27(30(2,29(31)34)33(3)4)26-24-32-28-23-20-19-21-25(26)28/h19-21,23-24,27,32H,5-18,22H2,1-4H3. The highest BCUT2D eigenvalue weighted by molar-refractivity contribution is 9.18. The van der Waals surface area contributed by atoms with Gasteiger partial charge in [-0.05, 0) is 55.0 Å². The zero-order valence-electron chi connectivity index (χ0n) is 22.3. The summed E-state index contributed by atoms with van der Waals surface area (Å²) < 4.78 is 0.0608. The first kappa shape index (κ1) is 29.1. The highest BCUT2D eigenvalue weighted by Crippen LogP contribution is 2.41. The molecule has 0 fully saturated rings. The molecule has 192 valence electrons. The molecule has 1 aromatic carbocycles. The predicted molar refractivity (Wildman–Crippen MR) is 152 cm³/mol. The summed E-state index contributed by atoms with van der Waals surface area (Å²) in [6.07, 6.45) is 22.2. The number of fused-ring (bicyclic) bond motifs is 1. The Labute approximate surface area is 217 Å². The van der Waals surface area contributed by atoms with E-state index in [1.165, 1.54) is 94.4 Å². The van der Waals surface area contributed by atoms with Crippen molar-refractivity contribution in [3.8, 4) is 0 Å². The molecule has 0 amide bonds. The summed E-state index contributed by atoms with van der Waals surface area (Å²) in [5.41, 5.74) is 1.82. The Bertz CT molecular complexity index is 830. The molecule has 4 heteroatoms. The van der Waals surface area contributed by atoms with Crippen molar-refractivity contribution >= 4 is 31.5 Å². The molecule has 1 N–H and O–H groups in total. The third-order valence-electron chi connectivity index (χ3n) is 7.85. The van der Waals surface area contributed by atoms with Crippen molar-refractivity contribution in [2.24, 2.45) is 0 Å². The molecular weight excluding hydrogens is 484 g/mol. The number of rotatable bonds is 19. The van der Waals surface area contributed by atoms with Gasteiger partial charge >= 0.3 is 0 Å². The summed E-state index contributed by atoms with van der Waals surface area (Å²) >= 11 is 3.34. The Balaban J connectivity index is 1.77. The minimum atomic E-state index is -0.582. The summed E-state index contributed by atoms with van der Waals surface area (Å²) in [5.74, 6) is 0.142. The number of carbonyl (C=O) groups excluding carboxylic acids is 1. The van der Waals surface area contributed by atoms with Crippen molar-refractivity contribution in [1.82, 2.24) is 9.88 Å². The van der Waals surface area contributed by atoms with Crippen LogP contribution in [0.4, 0.5) is 0 Å². The normalized spacial score (nSPS) is 14.5. The number of hydrogen-bond donors (Lipinski definition) is 1. The summed E-state index contributed by atoms with van der Waals surface area (Å²) in [7, 11) is 4.04. The Hall–Kier alpha value is -1.13. The number of nitrogens with zero attached hydrogens (tertiary/aromatic N) is 1. The molecule has 0 saturated carbocycles. The molecule has 2 atom stereocenters. The Kier molecular flexibility index (Phi) is 13.5. The third-order valence-corrected chi connectivity index (χ3v) is 8.65. The van der Waals surface area contributed by atoms with E-state index < -0.39 is 5.54 Å². The van der Waals surface area contributed by atoms with Gasteiger partial charge in [-0.2, -0.15) is 0 Å². The van der Waals surface area contributed by atoms with Gasteiger partial charge in [0, 0.05) is 23.0 Å². The van der Waals surface area contributed by atoms with Crippen LogP contribution in [-0.4, -0.2) is 34.2 Å². The van der Waals surface area contributed by atoms with Gasteiger partial charge in [-0.15, -0.1) is 0 Å². The molecule has 2 unspecified atom stereocenters. The number of hydrogen-bond acceptors (Lipinski definition) is 2. The number of carbonyl (C=O) groups is 1. The molecule has 0 spiro atoms. The number of halogens is 1. The Morgan fingerprint density at radius 3 is 1.88 bits per heavy atom. The summed E-state index contributed by atoms with van der Waals surface area (Å²) in [4.78, 5) is 18.3. The number of benzene rings is 1. The topological polar surface area (TPSA) is 36.1 Å². The van der Waals surface area contributed by atoms with Crippen LogP contribution in [0, 0.1) is 0 Å². The number of para-hydroxylation sites is 1. The largest absolute Gasteiger partial charge is 0.361 e. The molecular formula is C30H49BrN2O. The van der Waals surface area contributed by atoms with Gasteiger partial charge in [0.15, 0.2) is 0 Å². The summed E-state index contributed by atoms with van der Waals surface area (Å²) in [6, 6.07) is 8.44. The van der Waals surface area contributed by atoms with Gasteiger partial charge in [-0.1, -0.05) is 115 Å².